The normalized spacial score (nSPS) is 11.2. The second kappa shape index (κ2) is 9.55. The first-order valence-corrected chi connectivity index (χ1v) is 7.84. The van der Waals surface area contributed by atoms with Crippen molar-refractivity contribution < 1.29 is 0 Å². The van der Waals surface area contributed by atoms with Crippen LogP contribution in [-0.2, 0) is 13.0 Å². The van der Waals surface area contributed by atoms with Crippen LogP contribution in [0, 0.1) is 0 Å². The number of pyridine rings is 1. The Morgan fingerprint density at radius 1 is 1.05 bits per heavy atom. The molecule has 0 amide bonds. The summed E-state index contributed by atoms with van der Waals surface area (Å²) in [6.45, 7) is 4.42. The molecule has 0 aliphatic carbocycles. The maximum absolute atomic E-state index is 4.56. The standard InChI is InChI=1S/C18H24N4/c1-2-19-18(22-15-17-12-6-7-13-20-17)21-14-8-11-16-9-4-3-5-10-16/h3-7,9-10,12-13H,2,8,11,14-15H2,1H3,(H2,19,21,22). The molecule has 4 nitrogen and oxygen atoms in total. The lowest BCUT2D eigenvalue weighted by Crippen LogP contribution is -2.37. The number of nitrogens with zero attached hydrogens (tertiary/aromatic N) is 2. The third kappa shape index (κ3) is 5.95. The van der Waals surface area contributed by atoms with Gasteiger partial charge in [0, 0.05) is 19.3 Å². The molecular weight excluding hydrogens is 272 g/mol. The van der Waals surface area contributed by atoms with E-state index in [-0.39, 0.29) is 0 Å². The van der Waals surface area contributed by atoms with Crippen LogP contribution in [0.3, 0.4) is 0 Å². The molecule has 1 heterocycles. The zero-order valence-corrected chi connectivity index (χ0v) is 13.1. The van der Waals surface area contributed by atoms with Crippen molar-refractivity contribution in [1.82, 2.24) is 15.6 Å². The largest absolute Gasteiger partial charge is 0.357 e. The Balaban J connectivity index is 1.76. The van der Waals surface area contributed by atoms with Gasteiger partial charge in [0.25, 0.3) is 0 Å². The van der Waals surface area contributed by atoms with Gasteiger partial charge in [-0.05, 0) is 37.5 Å². The third-order valence-corrected chi connectivity index (χ3v) is 3.25. The molecule has 0 atom stereocenters. The van der Waals surface area contributed by atoms with Crippen LogP contribution >= 0.6 is 0 Å². The molecule has 0 saturated heterocycles. The zero-order chi connectivity index (χ0) is 15.5. The van der Waals surface area contributed by atoms with Gasteiger partial charge in [-0.3, -0.25) is 4.98 Å². The lowest BCUT2D eigenvalue weighted by molar-refractivity contribution is 0.742. The van der Waals surface area contributed by atoms with E-state index >= 15 is 0 Å². The van der Waals surface area contributed by atoms with E-state index in [1.54, 1.807) is 6.20 Å². The van der Waals surface area contributed by atoms with Gasteiger partial charge in [0.15, 0.2) is 5.96 Å². The molecule has 0 aliphatic heterocycles. The van der Waals surface area contributed by atoms with Gasteiger partial charge in [-0.15, -0.1) is 0 Å². The van der Waals surface area contributed by atoms with Gasteiger partial charge in [0.05, 0.1) is 12.2 Å². The summed E-state index contributed by atoms with van der Waals surface area (Å²) in [7, 11) is 0. The highest BCUT2D eigenvalue weighted by molar-refractivity contribution is 5.79. The summed E-state index contributed by atoms with van der Waals surface area (Å²) in [6.07, 6.45) is 3.95. The Bertz CT molecular complexity index is 552. The lowest BCUT2D eigenvalue weighted by atomic mass is 10.1. The Kier molecular flexibility index (Phi) is 6.96. The summed E-state index contributed by atoms with van der Waals surface area (Å²) in [6, 6.07) is 16.4. The Labute approximate surface area is 132 Å². The quantitative estimate of drug-likeness (QED) is 0.469. The fraction of sp³-hybridized carbons (Fsp3) is 0.333. The fourth-order valence-corrected chi connectivity index (χ4v) is 2.14. The molecule has 1 aromatic heterocycles. The predicted octanol–water partition coefficient (Wildman–Crippen LogP) is 2.77. The number of rotatable bonds is 7. The molecule has 0 bridgehead atoms. The van der Waals surface area contributed by atoms with Crippen molar-refractivity contribution in [2.75, 3.05) is 13.1 Å². The lowest BCUT2D eigenvalue weighted by Gasteiger charge is -2.11. The molecule has 22 heavy (non-hydrogen) atoms. The number of aliphatic imine (C=N–C) groups is 1. The van der Waals surface area contributed by atoms with Crippen molar-refractivity contribution in [3.63, 3.8) is 0 Å². The average Bonchev–Trinajstić information content (AvgIpc) is 2.58. The fourth-order valence-electron chi connectivity index (χ4n) is 2.14. The Morgan fingerprint density at radius 2 is 1.86 bits per heavy atom. The minimum Gasteiger partial charge on any atom is -0.357 e. The SMILES string of the molecule is CCNC(=NCc1ccccn1)NCCCc1ccccc1. The molecule has 4 heteroatoms. The molecule has 0 aliphatic rings. The second-order valence-electron chi connectivity index (χ2n) is 5.03. The molecule has 0 radical (unpaired) electrons. The number of guanidine groups is 1. The Hall–Kier alpha value is -2.36. The van der Waals surface area contributed by atoms with Crippen molar-refractivity contribution in [3.8, 4) is 0 Å². The van der Waals surface area contributed by atoms with Gasteiger partial charge in [-0.25, -0.2) is 4.99 Å². The van der Waals surface area contributed by atoms with E-state index in [2.05, 4.69) is 57.9 Å². The van der Waals surface area contributed by atoms with E-state index in [9.17, 15) is 0 Å². The number of hydrogen-bond donors (Lipinski definition) is 2. The van der Waals surface area contributed by atoms with E-state index in [1.165, 1.54) is 5.56 Å². The molecule has 0 fully saturated rings. The highest BCUT2D eigenvalue weighted by Gasteiger charge is 1.98. The molecule has 0 unspecified atom stereocenters. The van der Waals surface area contributed by atoms with Crippen molar-refractivity contribution in [2.45, 2.75) is 26.3 Å². The molecule has 2 rings (SSSR count). The zero-order valence-electron chi connectivity index (χ0n) is 13.1. The molecule has 1 aromatic carbocycles. The summed E-state index contributed by atoms with van der Waals surface area (Å²) in [5, 5.41) is 6.63. The van der Waals surface area contributed by atoms with Crippen molar-refractivity contribution in [3.05, 3.63) is 66.0 Å². The summed E-state index contributed by atoms with van der Waals surface area (Å²) in [4.78, 5) is 8.84. The van der Waals surface area contributed by atoms with E-state index < -0.39 is 0 Å². The van der Waals surface area contributed by atoms with Crippen LogP contribution in [0.2, 0.25) is 0 Å². The molecule has 116 valence electrons. The van der Waals surface area contributed by atoms with Crippen LogP contribution in [-0.4, -0.2) is 24.0 Å². The third-order valence-electron chi connectivity index (χ3n) is 3.25. The monoisotopic (exact) mass is 296 g/mol. The highest BCUT2D eigenvalue weighted by Crippen LogP contribution is 2.01. The van der Waals surface area contributed by atoms with Gasteiger partial charge in [0.1, 0.15) is 0 Å². The van der Waals surface area contributed by atoms with Crippen LogP contribution in [0.15, 0.2) is 59.7 Å². The summed E-state index contributed by atoms with van der Waals surface area (Å²) < 4.78 is 0. The van der Waals surface area contributed by atoms with Gasteiger partial charge in [-0.2, -0.15) is 0 Å². The smallest absolute Gasteiger partial charge is 0.191 e. The van der Waals surface area contributed by atoms with Crippen molar-refractivity contribution >= 4 is 5.96 Å². The van der Waals surface area contributed by atoms with Crippen LogP contribution < -0.4 is 10.6 Å². The second-order valence-corrected chi connectivity index (χ2v) is 5.03. The van der Waals surface area contributed by atoms with Crippen molar-refractivity contribution in [2.24, 2.45) is 4.99 Å². The number of benzene rings is 1. The number of aromatic nitrogens is 1. The topological polar surface area (TPSA) is 49.3 Å². The minimum absolute atomic E-state index is 0.592. The van der Waals surface area contributed by atoms with E-state index in [0.29, 0.717) is 6.54 Å². The first-order chi connectivity index (χ1) is 10.9. The Morgan fingerprint density at radius 3 is 2.59 bits per heavy atom. The average molecular weight is 296 g/mol. The van der Waals surface area contributed by atoms with Crippen LogP contribution in [0.1, 0.15) is 24.6 Å². The van der Waals surface area contributed by atoms with Gasteiger partial charge in [0.2, 0.25) is 0 Å². The van der Waals surface area contributed by atoms with Crippen LogP contribution in [0.4, 0.5) is 0 Å². The van der Waals surface area contributed by atoms with Gasteiger partial charge < -0.3 is 10.6 Å². The van der Waals surface area contributed by atoms with Crippen LogP contribution in [0.25, 0.3) is 0 Å². The van der Waals surface area contributed by atoms with E-state index in [4.69, 9.17) is 0 Å². The summed E-state index contributed by atoms with van der Waals surface area (Å²) in [5.41, 5.74) is 2.35. The van der Waals surface area contributed by atoms with Crippen molar-refractivity contribution in [1.29, 1.82) is 0 Å². The summed E-state index contributed by atoms with van der Waals surface area (Å²) in [5.74, 6) is 0.848. The first kappa shape index (κ1) is 16.0. The molecule has 0 spiro atoms. The maximum atomic E-state index is 4.56. The summed E-state index contributed by atoms with van der Waals surface area (Å²) >= 11 is 0. The van der Waals surface area contributed by atoms with Gasteiger partial charge in [-0.1, -0.05) is 36.4 Å². The first-order valence-electron chi connectivity index (χ1n) is 7.84. The van der Waals surface area contributed by atoms with Crippen LogP contribution in [0.5, 0.6) is 0 Å². The molecular formula is C18H24N4. The predicted molar refractivity (Wildman–Crippen MR) is 91.8 cm³/mol. The molecule has 2 aromatic rings. The number of nitrogens with one attached hydrogen (secondary N) is 2. The number of hydrogen-bond acceptors (Lipinski definition) is 2. The van der Waals surface area contributed by atoms with E-state index in [1.807, 2.05) is 18.2 Å². The van der Waals surface area contributed by atoms with Gasteiger partial charge >= 0.3 is 0 Å². The highest BCUT2D eigenvalue weighted by atomic mass is 15.2. The van der Waals surface area contributed by atoms with E-state index in [0.717, 1.165) is 37.6 Å². The number of aryl methyl sites for hydroxylation is 1. The molecule has 0 saturated carbocycles. The molecule has 2 N–H and O–H groups in total. The maximum Gasteiger partial charge on any atom is 0.191 e. The minimum atomic E-state index is 0.592.